The van der Waals surface area contributed by atoms with Gasteiger partial charge >= 0.3 is 0 Å². The first kappa shape index (κ1) is 19.7. The third kappa shape index (κ3) is 4.07. The van der Waals surface area contributed by atoms with Gasteiger partial charge in [0.1, 0.15) is 5.69 Å². The molecular formula is C23H30N4O2. The number of hydrogen-bond donors (Lipinski definition) is 1. The highest BCUT2D eigenvalue weighted by molar-refractivity contribution is 5.97. The first-order valence-electron chi connectivity index (χ1n) is 10.8. The number of carbonyl (C=O) groups excluding carboxylic acids is 2. The average Bonchev–Trinajstić information content (AvgIpc) is 3.13. The predicted octanol–water partition coefficient (Wildman–Crippen LogP) is 3.33. The summed E-state index contributed by atoms with van der Waals surface area (Å²) >= 11 is 0. The van der Waals surface area contributed by atoms with Crippen molar-refractivity contribution >= 4 is 11.8 Å². The van der Waals surface area contributed by atoms with E-state index < -0.39 is 0 Å². The molecular weight excluding hydrogens is 364 g/mol. The molecule has 3 heterocycles. The molecule has 4 rings (SSSR count). The first-order chi connectivity index (χ1) is 14.0. The number of aryl methyl sites for hydroxylation is 1. The van der Waals surface area contributed by atoms with Crippen LogP contribution < -0.4 is 5.32 Å². The van der Waals surface area contributed by atoms with Crippen LogP contribution in [0.15, 0.2) is 24.3 Å². The van der Waals surface area contributed by atoms with Gasteiger partial charge in [0.25, 0.3) is 11.8 Å². The van der Waals surface area contributed by atoms with E-state index in [1.54, 1.807) is 0 Å². The quantitative estimate of drug-likeness (QED) is 0.865. The fraction of sp³-hybridized carbons (Fsp3) is 0.522. The monoisotopic (exact) mass is 394 g/mol. The van der Waals surface area contributed by atoms with Crippen molar-refractivity contribution in [1.29, 1.82) is 0 Å². The fourth-order valence-electron chi connectivity index (χ4n) is 4.31. The zero-order valence-corrected chi connectivity index (χ0v) is 17.4. The summed E-state index contributed by atoms with van der Waals surface area (Å²) in [4.78, 5) is 32.6. The normalized spacial score (nSPS) is 17.1. The van der Waals surface area contributed by atoms with Gasteiger partial charge in [0.05, 0.1) is 5.69 Å². The largest absolute Gasteiger partial charge is 0.345 e. The zero-order valence-electron chi connectivity index (χ0n) is 17.4. The van der Waals surface area contributed by atoms with E-state index in [1.165, 1.54) is 0 Å². The summed E-state index contributed by atoms with van der Waals surface area (Å²) < 4.78 is 1.97. The molecule has 1 fully saturated rings. The van der Waals surface area contributed by atoms with Gasteiger partial charge in [-0.15, -0.1) is 0 Å². The molecule has 29 heavy (non-hydrogen) atoms. The Morgan fingerprint density at radius 2 is 1.90 bits per heavy atom. The lowest BCUT2D eigenvalue weighted by Crippen LogP contribution is -2.38. The van der Waals surface area contributed by atoms with Crippen LogP contribution in [0, 0.1) is 12.8 Å². The van der Waals surface area contributed by atoms with Crippen molar-refractivity contribution < 1.29 is 9.59 Å². The van der Waals surface area contributed by atoms with Gasteiger partial charge in [0.15, 0.2) is 5.82 Å². The molecule has 0 radical (unpaired) electrons. The second kappa shape index (κ2) is 8.39. The topological polar surface area (TPSA) is 67.2 Å². The van der Waals surface area contributed by atoms with Gasteiger partial charge in [-0.25, -0.2) is 4.98 Å². The van der Waals surface area contributed by atoms with Crippen LogP contribution in [-0.4, -0.2) is 39.4 Å². The number of amides is 2. The molecule has 0 unspecified atom stereocenters. The summed E-state index contributed by atoms with van der Waals surface area (Å²) in [5.74, 6) is 0.822. The fourth-order valence-corrected chi connectivity index (χ4v) is 4.31. The molecule has 2 amide bonds. The molecule has 1 N–H and O–H groups in total. The minimum Gasteiger partial charge on any atom is -0.345 e. The molecule has 1 aromatic carbocycles. The number of fused-ring (bicyclic) bond motifs is 1. The summed E-state index contributed by atoms with van der Waals surface area (Å²) in [6.45, 7) is 7.04. The predicted molar refractivity (Wildman–Crippen MR) is 112 cm³/mol. The second-order valence-corrected chi connectivity index (χ2v) is 8.42. The smallest absolute Gasteiger partial charge is 0.287 e. The Hall–Kier alpha value is -2.63. The lowest BCUT2D eigenvalue weighted by Gasteiger charge is -2.30. The number of imidazole rings is 1. The van der Waals surface area contributed by atoms with Crippen LogP contribution in [0.25, 0.3) is 0 Å². The number of rotatable bonds is 4. The number of nitrogens with zero attached hydrogens (tertiary/aromatic N) is 3. The highest BCUT2D eigenvalue weighted by atomic mass is 16.2. The minimum absolute atomic E-state index is 0.0134. The zero-order chi connectivity index (χ0) is 20.4. The molecule has 2 aromatic rings. The molecule has 0 atom stereocenters. The van der Waals surface area contributed by atoms with Gasteiger partial charge in [-0.3, -0.25) is 9.59 Å². The molecule has 0 aliphatic carbocycles. The van der Waals surface area contributed by atoms with Gasteiger partial charge in [-0.1, -0.05) is 31.2 Å². The number of nitrogens with one attached hydrogen (secondary N) is 1. The van der Waals surface area contributed by atoms with Gasteiger partial charge in [0.2, 0.25) is 0 Å². The van der Waals surface area contributed by atoms with Crippen molar-refractivity contribution in [3.8, 4) is 0 Å². The van der Waals surface area contributed by atoms with Crippen LogP contribution in [0.4, 0.5) is 0 Å². The first-order valence-corrected chi connectivity index (χ1v) is 10.8. The number of carbonyl (C=O) groups is 2. The minimum atomic E-state index is -0.206. The Labute approximate surface area is 172 Å². The van der Waals surface area contributed by atoms with Crippen LogP contribution in [0.5, 0.6) is 0 Å². The number of likely N-dealkylation sites (tertiary alicyclic amines) is 1. The Morgan fingerprint density at radius 3 is 2.66 bits per heavy atom. The third-order valence-corrected chi connectivity index (χ3v) is 6.30. The number of benzene rings is 1. The third-order valence-electron chi connectivity index (χ3n) is 6.30. The highest BCUT2D eigenvalue weighted by Crippen LogP contribution is 2.24. The molecule has 1 saturated heterocycles. The van der Waals surface area contributed by atoms with Gasteiger partial charge in [-0.2, -0.15) is 0 Å². The Morgan fingerprint density at radius 1 is 1.14 bits per heavy atom. The Balaban J connectivity index is 1.55. The van der Waals surface area contributed by atoms with Gasteiger partial charge < -0.3 is 14.8 Å². The number of hydrogen-bond acceptors (Lipinski definition) is 3. The maximum absolute atomic E-state index is 13.2. The molecule has 2 aliphatic heterocycles. The van der Waals surface area contributed by atoms with E-state index in [-0.39, 0.29) is 11.8 Å². The molecule has 6 heteroatoms. The highest BCUT2D eigenvalue weighted by Gasteiger charge is 2.31. The van der Waals surface area contributed by atoms with Crippen LogP contribution in [-0.2, 0) is 19.5 Å². The van der Waals surface area contributed by atoms with Crippen molar-refractivity contribution in [2.45, 2.75) is 59.0 Å². The van der Waals surface area contributed by atoms with Crippen LogP contribution in [0.2, 0.25) is 0 Å². The molecule has 0 bridgehead atoms. The Bertz CT molecular complexity index is 910. The van der Waals surface area contributed by atoms with E-state index in [0.29, 0.717) is 24.0 Å². The van der Waals surface area contributed by atoms with Crippen LogP contribution >= 0.6 is 0 Å². The van der Waals surface area contributed by atoms with E-state index in [2.05, 4.69) is 17.2 Å². The van der Waals surface area contributed by atoms with Crippen molar-refractivity contribution in [3.05, 3.63) is 52.6 Å². The summed E-state index contributed by atoms with van der Waals surface area (Å²) in [5.41, 5.74) is 3.65. The molecule has 1 aromatic heterocycles. The second-order valence-electron chi connectivity index (χ2n) is 8.42. The lowest BCUT2D eigenvalue weighted by atomic mass is 9.98. The molecule has 0 spiro atoms. The van der Waals surface area contributed by atoms with E-state index in [0.717, 1.165) is 68.6 Å². The van der Waals surface area contributed by atoms with Crippen LogP contribution in [0.1, 0.15) is 70.5 Å². The van der Waals surface area contributed by atoms with Crippen molar-refractivity contribution in [3.63, 3.8) is 0 Å². The maximum Gasteiger partial charge on any atom is 0.287 e. The lowest BCUT2D eigenvalue weighted by molar-refractivity contribution is 0.0690. The summed E-state index contributed by atoms with van der Waals surface area (Å²) in [7, 11) is 0. The van der Waals surface area contributed by atoms with E-state index >= 15 is 0 Å². The maximum atomic E-state index is 13.2. The Kier molecular flexibility index (Phi) is 5.69. The van der Waals surface area contributed by atoms with Gasteiger partial charge in [-0.05, 0) is 56.1 Å². The molecule has 154 valence electrons. The summed E-state index contributed by atoms with van der Waals surface area (Å²) in [5, 5.41) is 3.00. The van der Waals surface area contributed by atoms with E-state index in [9.17, 15) is 9.59 Å². The molecule has 2 aliphatic rings. The van der Waals surface area contributed by atoms with Gasteiger partial charge in [0, 0.05) is 26.2 Å². The van der Waals surface area contributed by atoms with Crippen LogP contribution in [0.3, 0.4) is 0 Å². The van der Waals surface area contributed by atoms with Crippen molar-refractivity contribution in [2.24, 2.45) is 5.92 Å². The standard InChI is InChI=1S/C23H30N4O2/c1-16-10-13-26(14-11-16)23(29)20-19-9-5-6-12-27(19)21(25-20)22(28)24-15-18-8-4-3-7-17(18)2/h3-4,7-8,16H,5-6,9-15H2,1-2H3,(H,24,28). The summed E-state index contributed by atoms with van der Waals surface area (Å²) in [6, 6.07) is 8.02. The number of piperidine rings is 1. The molecule has 0 saturated carbocycles. The summed E-state index contributed by atoms with van der Waals surface area (Å²) in [6.07, 6.45) is 4.92. The average molecular weight is 395 g/mol. The van der Waals surface area contributed by atoms with E-state index in [1.807, 2.05) is 40.7 Å². The van der Waals surface area contributed by atoms with Crippen molar-refractivity contribution in [1.82, 2.24) is 19.8 Å². The SMILES string of the molecule is Cc1ccccc1CNC(=O)c1nc(C(=O)N2CCC(C)CC2)c2n1CCCC2. The van der Waals surface area contributed by atoms with Crippen molar-refractivity contribution in [2.75, 3.05) is 13.1 Å². The number of aromatic nitrogens is 2. The molecule has 6 nitrogen and oxygen atoms in total. The van der Waals surface area contributed by atoms with E-state index in [4.69, 9.17) is 0 Å².